The summed E-state index contributed by atoms with van der Waals surface area (Å²) in [6, 6.07) is 0. The molecule has 1 N–H and O–H groups in total. The van der Waals surface area contributed by atoms with Gasteiger partial charge >= 0.3 is 0 Å². The van der Waals surface area contributed by atoms with Crippen molar-refractivity contribution in [3.05, 3.63) is 0 Å². The summed E-state index contributed by atoms with van der Waals surface area (Å²) in [4.78, 5) is 9.00. The standard InChI is InChI=1S/C2H4O2.C2H6S2/c1-2(3)4;1-4-2-3/h1H3,(H,3,4);3H,2H2,1H3. The predicted molar refractivity (Wildman–Crippen MR) is 40.7 cm³/mol. The van der Waals surface area contributed by atoms with E-state index in [1.54, 1.807) is 11.8 Å². The average Bonchev–Trinajstić information content (AvgIpc) is 1.65. The molecule has 0 aliphatic rings. The van der Waals surface area contributed by atoms with E-state index < -0.39 is 5.97 Å². The Morgan fingerprint density at radius 2 is 2.00 bits per heavy atom. The van der Waals surface area contributed by atoms with Crippen molar-refractivity contribution in [3.8, 4) is 0 Å². The molecule has 0 aliphatic carbocycles. The van der Waals surface area contributed by atoms with Crippen LogP contribution >= 0.6 is 24.4 Å². The van der Waals surface area contributed by atoms with Gasteiger partial charge in [0, 0.05) is 12.0 Å². The van der Waals surface area contributed by atoms with Gasteiger partial charge in [0.05, 0.1) is 0 Å². The molecule has 0 atom stereocenters. The zero-order chi connectivity index (χ0) is 6.99. The zero-order valence-electron chi connectivity index (χ0n) is 4.92. The van der Waals surface area contributed by atoms with Crippen LogP contribution in [0.1, 0.15) is 6.92 Å². The molecule has 8 heavy (non-hydrogen) atoms. The van der Waals surface area contributed by atoms with E-state index in [1.165, 1.54) is 0 Å². The summed E-state index contributed by atoms with van der Waals surface area (Å²) in [5, 5.41) is 8.35. The lowest BCUT2D eigenvalue weighted by atomic mass is 10.9. The maximum absolute atomic E-state index is 9.00. The van der Waals surface area contributed by atoms with E-state index in [-0.39, 0.29) is 0 Å². The Bertz CT molecular complexity index is 50.0. The Hall–Kier alpha value is 0.170. The van der Waals surface area contributed by atoms with Crippen molar-refractivity contribution in [1.82, 2.24) is 0 Å². The molecule has 0 radical (unpaired) electrons. The summed E-state index contributed by atoms with van der Waals surface area (Å²) in [6.45, 7) is 1.08. The molecule has 0 bridgehead atoms. The highest BCUT2D eigenvalue weighted by Gasteiger charge is 1.65. The molecule has 4 heteroatoms. The van der Waals surface area contributed by atoms with Gasteiger partial charge in [0.25, 0.3) is 5.97 Å². The van der Waals surface area contributed by atoms with Crippen molar-refractivity contribution < 1.29 is 9.90 Å². The number of hydrogen-bond acceptors (Lipinski definition) is 3. The normalized spacial score (nSPS) is 6.88. The largest absolute Gasteiger partial charge is 0.481 e. The molecule has 0 aromatic carbocycles. The van der Waals surface area contributed by atoms with Crippen LogP contribution in [0.3, 0.4) is 0 Å². The van der Waals surface area contributed by atoms with Crippen molar-refractivity contribution >= 4 is 30.4 Å². The summed E-state index contributed by atoms with van der Waals surface area (Å²) in [5.41, 5.74) is 0. The predicted octanol–water partition coefficient (Wildman–Crippen LogP) is 1.33. The number of thioether (sulfide) groups is 1. The Morgan fingerprint density at radius 1 is 1.88 bits per heavy atom. The van der Waals surface area contributed by atoms with Gasteiger partial charge in [-0.25, -0.2) is 0 Å². The van der Waals surface area contributed by atoms with Gasteiger partial charge in [0.15, 0.2) is 0 Å². The molecule has 0 aromatic heterocycles. The summed E-state index contributed by atoms with van der Waals surface area (Å²) in [6.07, 6.45) is 2.02. The molecular formula is C4H10O2S2. The lowest BCUT2D eigenvalue weighted by Gasteiger charge is -1.69. The molecule has 0 saturated carbocycles. The Kier molecular flexibility index (Phi) is 14.1. The number of carboxylic acids is 1. The minimum atomic E-state index is -0.833. The van der Waals surface area contributed by atoms with Crippen molar-refractivity contribution in [2.45, 2.75) is 6.92 Å². The quantitative estimate of drug-likeness (QED) is 0.442. The molecule has 0 saturated heterocycles. The van der Waals surface area contributed by atoms with E-state index in [1.807, 2.05) is 6.26 Å². The lowest BCUT2D eigenvalue weighted by molar-refractivity contribution is -0.134. The van der Waals surface area contributed by atoms with Gasteiger partial charge in [-0.05, 0) is 6.26 Å². The summed E-state index contributed by atoms with van der Waals surface area (Å²) in [7, 11) is 0. The summed E-state index contributed by atoms with van der Waals surface area (Å²) in [5.74, 6) is -0.833. The van der Waals surface area contributed by atoms with Crippen LogP contribution in [0.15, 0.2) is 0 Å². The van der Waals surface area contributed by atoms with Gasteiger partial charge in [-0.15, -0.1) is 0 Å². The van der Waals surface area contributed by atoms with Crippen LogP contribution in [-0.4, -0.2) is 22.4 Å². The second kappa shape index (κ2) is 10.2. The van der Waals surface area contributed by atoms with Crippen LogP contribution in [0, 0.1) is 0 Å². The molecule has 0 amide bonds. The fourth-order valence-corrected chi connectivity index (χ4v) is 0. The first-order chi connectivity index (χ1) is 3.65. The molecule has 2 nitrogen and oxygen atoms in total. The minimum Gasteiger partial charge on any atom is -0.481 e. The van der Waals surface area contributed by atoms with E-state index in [0.29, 0.717) is 0 Å². The van der Waals surface area contributed by atoms with Crippen LogP contribution < -0.4 is 0 Å². The smallest absolute Gasteiger partial charge is 0.300 e. The Labute approximate surface area is 59.1 Å². The topological polar surface area (TPSA) is 37.3 Å². The molecule has 0 aliphatic heterocycles. The third-order valence-electron chi connectivity index (χ3n) is 0.129. The van der Waals surface area contributed by atoms with E-state index in [4.69, 9.17) is 9.90 Å². The molecule has 0 spiro atoms. The third kappa shape index (κ3) is 120. The minimum absolute atomic E-state index is 0.833. The highest BCUT2D eigenvalue weighted by Crippen LogP contribution is 1.90. The third-order valence-corrected chi connectivity index (χ3v) is 1.16. The summed E-state index contributed by atoms with van der Waals surface area (Å²) >= 11 is 5.60. The molecule has 0 fully saturated rings. The second-order valence-corrected chi connectivity index (χ2v) is 2.55. The molecule has 50 valence electrons. The van der Waals surface area contributed by atoms with Crippen LogP contribution in [0.5, 0.6) is 0 Å². The zero-order valence-corrected chi connectivity index (χ0v) is 6.63. The van der Waals surface area contributed by atoms with Crippen molar-refractivity contribution in [3.63, 3.8) is 0 Å². The van der Waals surface area contributed by atoms with Crippen LogP contribution in [-0.2, 0) is 4.79 Å². The van der Waals surface area contributed by atoms with E-state index in [2.05, 4.69) is 12.6 Å². The number of rotatable bonds is 1. The number of hydrogen-bond donors (Lipinski definition) is 2. The lowest BCUT2D eigenvalue weighted by Crippen LogP contribution is -1.78. The second-order valence-electron chi connectivity index (χ2n) is 0.937. The number of thiol groups is 1. The van der Waals surface area contributed by atoms with Crippen molar-refractivity contribution in [1.29, 1.82) is 0 Å². The SMILES string of the molecule is CC(=O)O.CSCS. The van der Waals surface area contributed by atoms with Gasteiger partial charge in [-0.1, -0.05) is 0 Å². The first-order valence-corrected chi connectivity index (χ1v) is 3.97. The maximum Gasteiger partial charge on any atom is 0.300 e. The number of carbonyl (C=O) groups is 1. The molecule has 0 heterocycles. The molecule has 0 unspecified atom stereocenters. The van der Waals surface area contributed by atoms with Crippen LogP contribution in [0.4, 0.5) is 0 Å². The van der Waals surface area contributed by atoms with E-state index >= 15 is 0 Å². The van der Waals surface area contributed by atoms with Gasteiger partial charge in [-0.2, -0.15) is 24.4 Å². The summed E-state index contributed by atoms with van der Waals surface area (Å²) < 4.78 is 0. The first-order valence-electron chi connectivity index (χ1n) is 1.94. The van der Waals surface area contributed by atoms with Gasteiger partial charge in [0.1, 0.15) is 0 Å². The fraction of sp³-hybridized carbons (Fsp3) is 0.750. The van der Waals surface area contributed by atoms with Gasteiger partial charge < -0.3 is 5.11 Å². The fourth-order valence-electron chi connectivity index (χ4n) is 0. The average molecular weight is 154 g/mol. The van der Waals surface area contributed by atoms with Gasteiger partial charge in [-0.3, -0.25) is 4.79 Å². The van der Waals surface area contributed by atoms with Crippen LogP contribution in [0.2, 0.25) is 0 Å². The highest BCUT2D eigenvalue weighted by molar-refractivity contribution is 8.08. The van der Waals surface area contributed by atoms with E-state index in [9.17, 15) is 0 Å². The van der Waals surface area contributed by atoms with Crippen molar-refractivity contribution in [2.24, 2.45) is 0 Å². The number of aliphatic carboxylic acids is 1. The molecule has 0 rings (SSSR count). The van der Waals surface area contributed by atoms with Gasteiger partial charge in [0.2, 0.25) is 0 Å². The Balaban J connectivity index is 0. The Morgan fingerprint density at radius 3 is 2.00 bits per heavy atom. The maximum atomic E-state index is 9.00. The number of carboxylic acid groups (broad SMARTS) is 1. The van der Waals surface area contributed by atoms with Crippen LogP contribution in [0.25, 0.3) is 0 Å². The van der Waals surface area contributed by atoms with Crippen molar-refractivity contribution in [2.75, 3.05) is 11.3 Å². The molecule has 0 aromatic rings. The highest BCUT2D eigenvalue weighted by atomic mass is 32.2. The van der Waals surface area contributed by atoms with E-state index in [0.717, 1.165) is 12.0 Å². The molecular weight excluding hydrogens is 144 g/mol. The first kappa shape index (κ1) is 11.0. The monoisotopic (exact) mass is 154 g/mol.